The van der Waals surface area contributed by atoms with Gasteiger partial charge < -0.3 is 0 Å². The molecule has 1 aromatic heterocycles. The third-order valence-electron chi connectivity index (χ3n) is 2.37. The Morgan fingerprint density at radius 1 is 1.44 bits per heavy atom. The first kappa shape index (κ1) is 14.5. The number of rotatable bonds is 7. The third kappa shape index (κ3) is 3.73. The smallest absolute Gasteiger partial charge is 0.244 e. The topological polar surface area (TPSA) is 124 Å². The van der Waals surface area contributed by atoms with E-state index in [1.165, 1.54) is 0 Å². The standard InChI is InChI=1S/C9H16N6O2S/c1-7-9(8(2)14-13-7)18(16,17)12-6-4-3-5-11-15-10/h12H,3-6H2,1-2H3,(H,13,14). The van der Waals surface area contributed by atoms with Gasteiger partial charge in [-0.1, -0.05) is 5.11 Å². The molecule has 0 atom stereocenters. The molecule has 0 aliphatic carbocycles. The SMILES string of the molecule is Cc1n[nH]c(C)c1S(=O)(=O)NCCCCN=[N+]=[N-]. The zero-order chi connectivity index (χ0) is 13.6. The van der Waals surface area contributed by atoms with Crippen LogP contribution in [0.2, 0.25) is 0 Å². The first-order valence-corrected chi connectivity index (χ1v) is 6.99. The van der Waals surface area contributed by atoms with Crippen LogP contribution in [0.4, 0.5) is 0 Å². The molecule has 18 heavy (non-hydrogen) atoms. The van der Waals surface area contributed by atoms with E-state index in [2.05, 4.69) is 24.9 Å². The van der Waals surface area contributed by atoms with E-state index in [0.29, 0.717) is 37.3 Å². The molecule has 0 fully saturated rings. The van der Waals surface area contributed by atoms with Gasteiger partial charge in [-0.2, -0.15) is 5.10 Å². The van der Waals surface area contributed by atoms with E-state index < -0.39 is 10.0 Å². The minimum atomic E-state index is -3.52. The summed E-state index contributed by atoms with van der Waals surface area (Å²) >= 11 is 0. The number of unbranched alkanes of at least 4 members (excludes halogenated alkanes) is 1. The maximum Gasteiger partial charge on any atom is 0.244 e. The Bertz CT molecular complexity index is 524. The molecule has 9 heteroatoms. The van der Waals surface area contributed by atoms with E-state index in [-0.39, 0.29) is 4.90 Å². The van der Waals surface area contributed by atoms with Crippen LogP contribution in [0.1, 0.15) is 24.2 Å². The largest absolute Gasteiger partial charge is 0.281 e. The summed E-state index contributed by atoms with van der Waals surface area (Å²) in [7, 11) is -3.52. The molecule has 0 bridgehead atoms. The quantitative estimate of drug-likeness (QED) is 0.337. The van der Waals surface area contributed by atoms with Gasteiger partial charge in [0.25, 0.3) is 0 Å². The lowest BCUT2D eigenvalue weighted by Crippen LogP contribution is -2.25. The Morgan fingerprint density at radius 3 is 2.72 bits per heavy atom. The molecule has 0 aliphatic rings. The minimum Gasteiger partial charge on any atom is -0.281 e. The van der Waals surface area contributed by atoms with Gasteiger partial charge in [0, 0.05) is 18.0 Å². The van der Waals surface area contributed by atoms with Gasteiger partial charge in [-0.25, -0.2) is 13.1 Å². The Labute approximate surface area is 105 Å². The van der Waals surface area contributed by atoms with E-state index in [1.54, 1.807) is 13.8 Å². The second-order valence-electron chi connectivity index (χ2n) is 3.82. The van der Waals surface area contributed by atoms with Crippen molar-refractivity contribution >= 4 is 10.0 Å². The first-order chi connectivity index (χ1) is 8.49. The number of aryl methyl sites for hydroxylation is 2. The van der Waals surface area contributed by atoms with Crippen molar-refractivity contribution in [3.63, 3.8) is 0 Å². The van der Waals surface area contributed by atoms with Crippen molar-refractivity contribution < 1.29 is 8.42 Å². The molecular weight excluding hydrogens is 256 g/mol. The number of azide groups is 1. The fourth-order valence-electron chi connectivity index (χ4n) is 1.57. The van der Waals surface area contributed by atoms with Gasteiger partial charge in [-0.05, 0) is 32.2 Å². The summed E-state index contributed by atoms with van der Waals surface area (Å²) in [4.78, 5) is 2.83. The summed E-state index contributed by atoms with van der Waals surface area (Å²) in [5.41, 5.74) is 9.05. The molecular formula is C9H16N6O2S. The van der Waals surface area contributed by atoms with Crippen LogP contribution in [0.15, 0.2) is 10.0 Å². The zero-order valence-electron chi connectivity index (χ0n) is 10.3. The van der Waals surface area contributed by atoms with Crippen LogP contribution >= 0.6 is 0 Å². The molecule has 0 radical (unpaired) electrons. The minimum absolute atomic E-state index is 0.206. The summed E-state index contributed by atoms with van der Waals surface area (Å²) in [6, 6.07) is 0. The van der Waals surface area contributed by atoms with E-state index in [4.69, 9.17) is 5.53 Å². The van der Waals surface area contributed by atoms with Gasteiger partial charge in [-0.15, -0.1) is 0 Å². The molecule has 100 valence electrons. The van der Waals surface area contributed by atoms with Crippen molar-refractivity contribution in [2.24, 2.45) is 5.11 Å². The second kappa shape index (κ2) is 6.39. The molecule has 1 heterocycles. The fourth-order valence-corrected chi connectivity index (χ4v) is 3.01. The van der Waals surface area contributed by atoms with E-state index in [9.17, 15) is 8.42 Å². The summed E-state index contributed by atoms with van der Waals surface area (Å²) in [6.07, 6.45) is 1.27. The average Bonchev–Trinajstić information content (AvgIpc) is 2.64. The molecule has 0 aromatic carbocycles. The molecule has 1 rings (SSSR count). The fraction of sp³-hybridized carbons (Fsp3) is 0.667. The van der Waals surface area contributed by atoms with Crippen molar-refractivity contribution in [1.29, 1.82) is 0 Å². The van der Waals surface area contributed by atoms with Crippen molar-refractivity contribution in [3.05, 3.63) is 21.8 Å². The van der Waals surface area contributed by atoms with Crippen LogP contribution in [0.3, 0.4) is 0 Å². The highest BCUT2D eigenvalue weighted by Gasteiger charge is 2.21. The lowest BCUT2D eigenvalue weighted by Gasteiger charge is -2.06. The number of sulfonamides is 1. The molecule has 0 saturated carbocycles. The highest BCUT2D eigenvalue weighted by atomic mass is 32.2. The molecule has 0 unspecified atom stereocenters. The molecule has 1 aromatic rings. The molecule has 0 saturated heterocycles. The zero-order valence-corrected chi connectivity index (χ0v) is 11.2. The Balaban J connectivity index is 2.53. The third-order valence-corrected chi connectivity index (χ3v) is 4.09. The van der Waals surface area contributed by atoms with Gasteiger partial charge >= 0.3 is 0 Å². The number of nitrogens with one attached hydrogen (secondary N) is 2. The Morgan fingerprint density at radius 2 is 2.17 bits per heavy atom. The highest BCUT2D eigenvalue weighted by molar-refractivity contribution is 7.89. The van der Waals surface area contributed by atoms with Crippen molar-refractivity contribution in [2.75, 3.05) is 13.1 Å². The van der Waals surface area contributed by atoms with Gasteiger partial charge in [0.05, 0.1) is 11.4 Å². The number of hydrogen-bond acceptors (Lipinski definition) is 4. The van der Waals surface area contributed by atoms with E-state index >= 15 is 0 Å². The maximum atomic E-state index is 12.0. The van der Waals surface area contributed by atoms with E-state index in [0.717, 1.165) is 0 Å². The van der Waals surface area contributed by atoms with Crippen LogP contribution in [0, 0.1) is 13.8 Å². The number of hydrogen-bond donors (Lipinski definition) is 2. The second-order valence-corrected chi connectivity index (χ2v) is 5.53. The molecule has 0 amide bonds. The molecule has 8 nitrogen and oxygen atoms in total. The number of aromatic nitrogens is 2. The summed E-state index contributed by atoms with van der Waals surface area (Å²) in [5.74, 6) is 0. The Hall–Kier alpha value is -1.57. The van der Waals surface area contributed by atoms with Crippen molar-refractivity contribution in [2.45, 2.75) is 31.6 Å². The maximum absolute atomic E-state index is 12.0. The predicted octanol–water partition coefficient (Wildman–Crippen LogP) is 1.40. The van der Waals surface area contributed by atoms with Crippen molar-refractivity contribution in [1.82, 2.24) is 14.9 Å². The van der Waals surface area contributed by atoms with Crippen molar-refractivity contribution in [3.8, 4) is 0 Å². The monoisotopic (exact) mass is 272 g/mol. The van der Waals surface area contributed by atoms with Crippen LogP contribution in [0.5, 0.6) is 0 Å². The highest BCUT2D eigenvalue weighted by Crippen LogP contribution is 2.15. The summed E-state index contributed by atoms with van der Waals surface area (Å²) in [6.45, 7) is 3.99. The number of aromatic amines is 1. The lowest BCUT2D eigenvalue weighted by molar-refractivity contribution is 0.576. The van der Waals surface area contributed by atoms with Gasteiger partial charge in [0.1, 0.15) is 4.90 Å². The van der Waals surface area contributed by atoms with Gasteiger partial charge in [0.2, 0.25) is 10.0 Å². The van der Waals surface area contributed by atoms with Gasteiger partial charge in [0.15, 0.2) is 0 Å². The van der Waals surface area contributed by atoms with Crippen LogP contribution in [0.25, 0.3) is 10.4 Å². The van der Waals surface area contributed by atoms with Gasteiger partial charge in [-0.3, -0.25) is 5.10 Å². The number of nitrogens with zero attached hydrogens (tertiary/aromatic N) is 4. The lowest BCUT2D eigenvalue weighted by atomic mass is 10.3. The predicted molar refractivity (Wildman–Crippen MR) is 66.5 cm³/mol. The normalized spacial score (nSPS) is 11.2. The summed E-state index contributed by atoms with van der Waals surface area (Å²) < 4.78 is 26.4. The van der Waals surface area contributed by atoms with Crippen LogP contribution in [-0.2, 0) is 10.0 Å². The number of H-pyrrole nitrogens is 1. The average molecular weight is 272 g/mol. The van der Waals surface area contributed by atoms with E-state index in [1.807, 2.05) is 0 Å². The van der Waals surface area contributed by atoms with Crippen LogP contribution in [-0.4, -0.2) is 31.7 Å². The molecule has 0 spiro atoms. The Kier molecular flexibility index (Phi) is 5.14. The molecule has 0 aliphatic heterocycles. The first-order valence-electron chi connectivity index (χ1n) is 5.51. The molecule has 2 N–H and O–H groups in total. The summed E-state index contributed by atoms with van der Waals surface area (Å²) in [5, 5.41) is 9.86. The van der Waals surface area contributed by atoms with Crippen LogP contribution < -0.4 is 4.72 Å².